The zero-order valence-electron chi connectivity index (χ0n) is 10.4. The summed E-state index contributed by atoms with van der Waals surface area (Å²) in [6.45, 7) is 0. The first-order chi connectivity index (χ1) is 8.95. The number of benzene rings is 1. The SMILES string of the molecule is COC(=O)C(=O)c1ccc2c(c1)C(=O)N(C)C(=O)C2. The maximum atomic E-state index is 11.9. The van der Waals surface area contributed by atoms with Crippen LogP contribution in [0.15, 0.2) is 18.2 Å². The summed E-state index contributed by atoms with van der Waals surface area (Å²) in [6.07, 6.45) is 0.101. The van der Waals surface area contributed by atoms with E-state index in [4.69, 9.17) is 0 Å². The molecule has 0 saturated carbocycles. The summed E-state index contributed by atoms with van der Waals surface area (Å²) in [5, 5.41) is 0. The van der Waals surface area contributed by atoms with Gasteiger partial charge in [-0.3, -0.25) is 19.3 Å². The number of carbonyl (C=O) groups excluding carboxylic acids is 4. The van der Waals surface area contributed by atoms with Crippen molar-refractivity contribution < 1.29 is 23.9 Å². The van der Waals surface area contributed by atoms with Crippen LogP contribution in [0, 0.1) is 0 Å². The summed E-state index contributed by atoms with van der Waals surface area (Å²) in [4.78, 5) is 47.2. The summed E-state index contributed by atoms with van der Waals surface area (Å²) in [5.41, 5.74) is 0.882. The Morgan fingerprint density at radius 1 is 1.26 bits per heavy atom. The molecule has 0 unspecified atom stereocenters. The van der Waals surface area contributed by atoms with E-state index in [1.165, 1.54) is 25.2 Å². The number of nitrogens with zero attached hydrogens (tertiary/aromatic N) is 1. The van der Waals surface area contributed by atoms with Gasteiger partial charge in [0.15, 0.2) is 0 Å². The summed E-state index contributed by atoms with van der Waals surface area (Å²) < 4.78 is 4.34. The number of Topliss-reactive ketones (excluding diaryl/α,β-unsaturated/α-hetero) is 1. The van der Waals surface area contributed by atoms with Crippen molar-refractivity contribution in [3.05, 3.63) is 34.9 Å². The molecule has 2 amide bonds. The molecule has 19 heavy (non-hydrogen) atoms. The lowest BCUT2D eigenvalue weighted by Gasteiger charge is -2.23. The summed E-state index contributed by atoms with van der Waals surface area (Å²) in [6, 6.07) is 4.23. The maximum absolute atomic E-state index is 11.9. The van der Waals surface area contributed by atoms with Crippen LogP contribution < -0.4 is 0 Å². The minimum Gasteiger partial charge on any atom is -0.463 e. The molecule has 0 saturated heterocycles. The van der Waals surface area contributed by atoms with Crippen molar-refractivity contribution in [3.8, 4) is 0 Å². The second-order valence-corrected chi connectivity index (χ2v) is 4.13. The topological polar surface area (TPSA) is 80.8 Å². The van der Waals surface area contributed by atoms with Gasteiger partial charge in [-0.25, -0.2) is 4.79 Å². The summed E-state index contributed by atoms with van der Waals surface area (Å²) >= 11 is 0. The third-order valence-electron chi connectivity index (χ3n) is 2.99. The number of hydrogen-bond donors (Lipinski definition) is 0. The van der Waals surface area contributed by atoms with Gasteiger partial charge in [0, 0.05) is 18.2 Å². The minimum atomic E-state index is -0.993. The van der Waals surface area contributed by atoms with E-state index >= 15 is 0 Å². The molecule has 0 N–H and O–H groups in total. The summed E-state index contributed by atoms with van der Waals surface area (Å²) in [7, 11) is 2.48. The standard InChI is InChI=1S/C13H11NO5/c1-14-10(15)6-7-3-4-8(5-9(7)12(14)17)11(16)13(18)19-2/h3-5H,6H2,1-2H3. The van der Waals surface area contributed by atoms with Crippen molar-refractivity contribution in [2.24, 2.45) is 0 Å². The van der Waals surface area contributed by atoms with E-state index in [1.54, 1.807) is 0 Å². The van der Waals surface area contributed by atoms with Crippen molar-refractivity contribution in [3.63, 3.8) is 0 Å². The molecule has 1 aliphatic heterocycles. The molecule has 0 aromatic heterocycles. The van der Waals surface area contributed by atoms with Crippen LogP contribution in [-0.2, 0) is 20.7 Å². The van der Waals surface area contributed by atoms with Crippen LogP contribution in [-0.4, -0.2) is 42.6 Å². The van der Waals surface area contributed by atoms with Crippen LogP contribution in [0.4, 0.5) is 0 Å². The monoisotopic (exact) mass is 261 g/mol. The first-order valence-electron chi connectivity index (χ1n) is 5.52. The average Bonchev–Trinajstić information content (AvgIpc) is 2.43. The van der Waals surface area contributed by atoms with E-state index in [0.717, 1.165) is 12.0 Å². The zero-order valence-corrected chi connectivity index (χ0v) is 10.4. The number of fused-ring (bicyclic) bond motifs is 1. The van der Waals surface area contributed by atoms with Gasteiger partial charge in [0.05, 0.1) is 13.5 Å². The minimum absolute atomic E-state index is 0.0710. The molecular weight excluding hydrogens is 250 g/mol. The number of methoxy groups -OCH3 is 1. The van der Waals surface area contributed by atoms with Crippen LogP contribution >= 0.6 is 0 Å². The Kier molecular flexibility index (Phi) is 3.16. The normalized spacial score (nSPS) is 14.1. The van der Waals surface area contributed by atoms with E-state index in [1.807, 2.05) is 0 Å². The molecule has 2 rings (SSSR count). The van der Waals surface area contributed by atoms with Gasteiger partial charge >= 0.3 is 5.97 Å². The predicted octanol–water partition coefficient (Wildman–Crippen LogP) is 0.197. The Labute approximate surface area is 108 Å². The van der Waals surface area contributed by atoms with Crippen LogP contribution in [0.2, 0.25) is 0 Å². The molecule has 1 aromatic carbocycles. The number of ether oxygens (including phenoxy) is 1. The molecule has 1 aliphatic rings. The number of hydrogen-bond acceptors (Lipinski definition) is 5. The first kappa shape index (κ1) is 12.9. The quantitative estimate of drug-likeness (QED) is 0.329. The van der Waals surface area contributed by atoms with Crippen molar-refractivity contribution >= 4 is 23.6 Å². The Balaban J connectivity index is 2.45. The van der Waals surface area contributed by atoms with Gasteiger partial charge in [0.2, 0.25) is 5.91 Å². The highest BCUT2D eigenvalue weighted by atomic mass is 16.5. The number of carbonyl (C=O) groups is 4. The fourth-order valence-electron chi connectivity index (χ4n) is 1.86. The molecule has 1 heterocycles. The van der Waals surface area contributed by atoms with Crippen LogP contribution in [0.25, 0.3) is 0 Å². The van der Waals surface area contributed by atoms with Crippen molar-refractivity contribution in [1.82, 2.24) is 4.90 Å². The van der Waals surface area contributed by atoms with Gasteiger partial charge in [0.25, 0.3) is 11.7 Å². The fourth-order valence-corrected chi connectivity index (χ4v) is 1.86. The van der Waals surface area contributed by atoms with Gasteiger partial charge in [-0.2, -0.15) is 0 Å². The van der Waals surface area contributed by atoms with Gasteiger partial charge in [-0.1, -0.05) is 12.1 Å². The molecule has 0 radical (unpaired) electrons. The second-order valence-electron chi connectivity index (χ2n) is 4.13. The highest BCUT2D eigenvalue weighted by molar-refractivity contribution is 6.40. The molecular formula is C13H11NO5. The Hall–Kier alpha value is -2.50. The Bertz CT molecular complexity index is 605. The molecule has 0 fully saturated rings. The van der Waals surface area contributed by atoms with Crippen molar-refractivity contribution in [1.29, 1.82) is 0 Å². The first-order valence-corrected chi connectivity index (χ1v) is 5.52. The number of amides is 2. The third-order valence-corrected chi connectivity index (χ3v) is 2.99. The molecule has 6 nitrogen and oxygen atoms in total. The number of likely N-dealkylation sites (N-methyl/N-ethyl adjacent to an activating group) is 1. The lowest BCUT2D eigenvalue weighted by atomic mass is 9.95. The number of imide groups is 1. The van der Waals surface area contributed by atoms with Crippen molar-refractivity contribution in [2.75, 3.05) is 14.2 Å². The van der Waals surface area contributed by atoms with Crippen molar-refractivity contribution in [2.45, 2.75) is 6.42 Å². The molecule has 0 aliphatic carbocycles. The van der Waals surface area contributed by atoms with Gasteiger partial charge in [-0.15, -0.1) is 0 Å². The fraction of sp³-hybridized carbons (Fsp3) is 0.231. The molecule has 6 heteroatoms. The van der Waals surface area contributed by atoms with Crippen LogP contribution in [0.1, 0.15) is 26.3 Å². The zero-order chi connectivity index (χ0) is 14.2. The molecule has 0 atom stereocenters. The predicted molar refractivity (Wildman–Crippen MR) is 63.6 cm³/mol. The lowest BCUT2D eigenvalue weighted by molar-refractivity contribution is -0.135. The van der Waals surface area contributed by atoms with E-state index in [0.29, 0.717) is 5.56 Å². The van der Waals surface area contributed by atoms with E-state index < -0.39 is 17.7 Å². The van der Waals surface area contributed by atoms with E-state index in [-0.39, 0.29) is 23.5 Å². The smallest absolute Gasteiger partial charge is 0.379 e. The molecule has 1 aromatic rings. The van der Waals surface area contributed by atoms with Gasteiger partial charge in [-0.05, 0) is 11.6 Å². The van der Waals surface area contributed by atoms with Crippen LogP contribution in [0.3, 0.4) is 0 Å². The third kappa shape index (κ3) is 2.12. The van der Waals surface area contributed by atoms with Gasteiger partial charge in [0.1, 0.15) is 0 Å². The molecule has 0 spiro atoms. The highest BCUT2D eigenvalue weighted by Crippen LogP contribution is 2.20. The van der Waals surface area contributed by atoms with E-state index in [9.17, 15) is 19.2 Å². The highest BCUT2D eigenvalue weighted by Gasteiger charge is 2.29. The maximum Gasteiger partial charge on any atom is 0.379 e. The van der Waals surface area contributed by atoms with Crippen LogP contribution in [0.5, 0.6) is 0 Å². The largest absolute Gasteiger partial charge is 0.463 e. The Morgan fingerprint density at radius 3 is 2.58 bits per heavy atom. The Morgan fingerprint density at radius 2 is 1.95 bits per heavy atom. The second kappa shape index (κ2) is 4.64. The summed E-state index contributed by atoms with van der Waals surface area (Å²) in [5.74, 6) is -2.60. The average molecular weight is 261 g/mol. The van der Waals surface area contributed by atoms with E-state index in [2.05, 4.69) is 4.74 Å². The molecule has 0 bridgehead atoms. The van der Waals surface area contributed by atoms with Gasteiger partial charge < -0.3 is 4.74 Å². The number of esters is 1. The lowest BCUT2D eigenvalue weighted by Crippen LogP contribution is -2.39. The number of rotatable bonds is 2. The number of ketones is 1. The molecule has 98 valence electrons.